The zero-order valence-corrected chi connectivity index (χ0v) is 16.2. The van der Waals surface area contributed by atoms with Crippen LogP contribution >= 0.6 is 11.6 Å². The van der Waals surface area contributed by atoms with Crippen molar-refractivity contribution >= 4 is 11.6 Å². The molecule has 0 spiro atoms. The Morgan fingerprint density at radius 2 is 1.84 bits per heavy atom. The van der Waals surface area contributed by atoms with Crippen molar-refractivity contribution < 1.29 is 27.0 Å². The second-order valence-electron chi connectivity index (χ2n) is 6.30. The Morgan fingerprint density at radius 3 is 2.48 bits per heavy atom. The number of benzene rings is 2. The lowest BCUT2D eigenvalue weighted by molar-refractivity contribution is -0.00000644. The third-order valence-corrected chi connectivity index (χ3v) is 3.91. The van der Waals surface area contributed by atoms with E-state index in [1.807, 2.05) is 56.3 Å². The quantitative estimate of drug-likeness (QED) is 0.706. The van der Waals surface area contributed by atoms with E-state index in [1.54, 1.807) is 7.11 Å². The first-order valence-corrected chi connectivity index (χ1v) is 8.21. The van der Waals surface area contributed by atoms with Gasteiger partial charge in [0.05, 0.1) is 13.7 Å². The lowest BCUT2D eigenvalue weighted by Crippen LogP contribution is -3.00. The summed E-state index contributed by atoms with van der Waals surface area (Å²) in [6.07, 6.45) is 0. The molecule has 138 valence electrons. The number of aliphatic hydroxyl groups excluding tert-OH is 1. The van der Waals surface area contributed by atoms with E-state index in [4.69, 9.17) is 21.1 Å². The van der Waals surface area contributed by atoms with Crippen LogP contribution in [0.3, 0.4) is 0 Å². The SMILES string of the molecule is COc1cc(CNC(C)(C)CO)ccc1OCc1cccc(Cl)c1.[Cl-]. The van der Waals surface area contributed by atoms with E-state index in [9.17, 15) is 5.11 Å². The minimum atomic E-state index is -0.324. The molecule has 0 radical (unpaired) electrons. The maximum Gasteiger partial charge on any atom is 0.161 e. The van der Waals surface area contributed by atoms with E-state index >= 15 is 0 Å². The van der Waals surface area contributed by atoms with E-state index in [0.717, 1.165) is 11.1 Å². The van der Waals surface area contributed by atoms with E-state index in [-0.39, 0.29) is 24.6 Å². The van der Waals surface area contributed by atoms with E-state index in [0.29, 0.717) is 29.7 Å². The molecular weight excluding hydrogens is 361 g/mol. The molecule has 0 aliphatic rings. The fourth-order valence-corrected chi connectivity index (χ4v) is 2.34. The van der Waals surface area contributed by atoms with Crippen molar-refractivity contribution in [3.8, 4) is 11.5 Å². The molecule has 2 rings (SSSR count). The van der Waals surface area contributed by atoms with Crippen molar-refractivity contribution in [3.63, 3.8) is 0 Å². The highest BCUT2D eigenvalue weighted by Gasteiger charge is 2.15. The van der Waals surface area contributed by atoms with Gasteiger partial charge in [-0.25, -0.2) is 0 Å². The summed E-state index contributed by atoms with van der Waals surface area (Å²) in [4.78, 5) is 0. The molecule has 2 N–H and O–H groups in total. The van der Waals surface area contributed by atoms with Crippen molar-refractivity contribution in [2.75, 3.05) is 13.7 Å². The van der Waals surface area contributed by atoms with Crippen LogP contribution in [0.1, 0.15) is 25.0 Å². The van der Waals surface area contributed by atoms with Crippen LogP contribution < -0.4 is 27.2 Å². The summed E-state index contributed by atoms with van der Waals surface area (Å²) >= 11 is 5.98. The number of hydrogen-bond acceptors (Lipinski definition) is 4. The number of nitrogens with one attached hydrogen (secondary N) is 1. The number of halogens is 2. The molecule has 0 heterocycles. The maximum atomic E-state index is 9.30. The average Bonchev–Trinajstić information content (AvgIpc) is 2.58. The highest BCUT2D eigenvalue weighted by atomic mass is 35.5. The van der Waals surface area contributed by atoms with Gasteiger partial charge in [0.15, 0.2) is 11.5 Å². The van der Waals surface area contributed by atoms with Gasteiger partial charge in [-0.1, -0.05) is 29.8 Å². The summed E-state index contributed by atoms with van der Waals surface area (Å²) in [5, 5.41) is 13.3. The van der Waals surface area contributed by atoms with Crippen LogP contribution in [0.4, 0.5) is 0 Å². The minimum Gasteiger partial charge on any atom is -1.00 e. The van der Waals surface area contributed by atoms with Gasteiger partial charge in [-0.15, -0.1) is 0 Å². The molecule has 0 atom stereocenters. The molecular formula is C19H24Cl2NO3-. The zero-order chi connectivity index (χ0) is 17.6. The topological polar surface area (TPSA) is 50.7 Å². The maximum absolute atomic E-state index is 9.30. The second-order valence-corrected chi connectivity index (χ2v) is 6.74. The molecule has 0 aliphatic carbocycles. The standard InChI is InChI=1S/C19H24ClNO3.ClH/c1-19(2,13-22)21-11-14-7-8-17(18(10-14)23-3)24-12-15-5-4-6-16(20)9-15;/h4-10,21-22H,11-13H2,1-3H3;1H/p-1. The lowest BCUT2D eigenvalue weighted by Gasteiger charge is -2.23. The minimum absolute atomic E-state index is 0. The van der Waals surface area contributed by atoms with Crippen LogP contribution in [0.25, 0.3) is 0 Å². The molecule has 4 nitrogen and oxygen atoms in total. The van der Waals surface area contributed by atoms with Gasteiger partial charge in [0.2, 0.25) is 0 Å². The number of hydrogen-bond donors (Lipinski definition) is 2. The van der Waals surface area contributed by atoms with Crippen LogP contribution in [-0.4, -0.2) is 24.4 Å². The third-order valence-electron chi connectivity index (χ3n) is 3.68. The number of ether oxygens (including phenoxy) is 2. The van der Waals surface area contributed by atoms with Gasteiger partial charge in [0, 0.05) is 17.1 Å². The molecule has 0 saturated heterocycles. The predicted molar refractivity (Wildman–Crippen MR) is 96.8 cm³/mol. The van der Waals surface area contributed by atoms with Gasteiger partial charge in [-0.3, -0.25) is 0 Å². The van der Waals surface area contributed by atoms with Crippen molar-refractivity contribution in [2.45, 2.75) is 32.5 Å². The fraction of sp³-hybridized carbons (Fsp3) is 0.368. The van der Waals surface area contributed by atoms with Gasteiger partial charge >= 0.3 is 0 Å². The predicted octanol–water partition coefficient (Wildman–Crippen LogP) is 0.792. The number of methoxy groups -OCH3 is 1. The zero-order valence-electron chi connectivity index (χ0n) is 14.7. The van der Waals surface area contributed by atoms with Gasteiger partial charge in [-0.2, -0.15) is 0 Å². The van der Waals surface area contributed by atoms with Gasteiger partial charge in [-0.05, 0) is 49.2 Å². The van der Waals surface area contributed by atoms with Crippen LogP contribution in [0.5, 0.6) is 11.5 Å². The molecule has 0 aliphatic heterocycles. The molecule has 0 fully saturated rings. The van der Waals surface area contributed by atoms with E-state index in [1.165, 1.54) is 0 Å². The van der Waals surface area contributed by atoms with E-state index < -0.39 is 0 Å². The highest BCUT2D eigenvalue weighted by Crippen LogP contribution is 2.29. The Balaban J connectivity index is 0.00000312. The van der Waals surface area contributed by atoms with Gasteiger partial charge in [0.1, 0.15) is 6.61 Å². The summed E-state index contributed by atoms with van der Waals surface area (Å²) in [5.41, 5.74) is 1.73. The summed E-state index contributed by atoms with van der Waals surface area (Å²) in [7, 11) is 1.62. The summed E-state index contributed by atoms with van der Waals surface area (Å²) in [5.74, 6) is 1.36. The van der Waals surface area contributed by atoms with Crippen molar-refractivity contribution in [2.24, 2.45) is 0 Å². The Morgan fingerprint density at radius 1 is 1.08 bits per heavy atom. The van der Waals surface area contributed by atoms with Gasteiger partial charge in [0.25, 0.3) is 0 Å². The molecule has 6 heteroatoms. The Bertz CT molecular complexity index is 677. The molecule has 0 saturated carbocycles. The molecule has 0 amide bonds. The number of rotatable bonds is 8. The molecule has 2 aromatic carbocycles. The smallest absolute Gasteiger partial charge is 0.161 e. The highest BCUT2D eigenvalue weighted by molar-refractivity contribution is 6.30. The summed E-state index contributed by atoms with van der Waals surface area (Å²) in [6.45, 7) is 5.04. The van der Waals surface area contributed by atoms with Crippen LogP contribution in [0.2, 0.25) is 5.02 Å². The second kappa shape index (κ2) is 9.88. The van der Waals surface area contributed by atoms with Crippen molar-refractivity contribution in [3.05, 3.63) is 58.6 Å². The summed E-state index contributed by atoms with van der Waals surface area (Å²) < 4.78 is 11.3. The monoisotopic (exact) mass is 384 g/mol. The molecule has 0 unspecified atom stereocenters. The lowest BCUT2D eigenvalue weighted by atomic mass is 10.1. The Kier molecular flexibility index (Phi) is 8.53. The average molecular weight is 385 g/mol. The third kappa shape index (κ3) is 6.75. The largest absolute Gasteiger partial charge is 1.00 e. The number of aliphatic hydroxyl groups is 1. The van der Waals surface area contributed by atoms with Crippen LogP contribution in [-0.2, 0) is 13.2 Å². The Labute approximate surface area is 160 Å². The van der Waals surface area contributed by atoms with Crippen molar-refractivity contribution in [1.29, 1.82) is 0 Å². The first-order valence-electron chi connectivity index (χ1n) is 7.83. The van der Waals surface area contributed by atoms with Crippen LogP contribution in [0.15, 0.2) is 42.5 Å². The first-order chi connectivity index (χ1) is 11.4. The van der Waals surface area contributed by atoms with E-state index in [2.05, 4.69) is 5.32 Å². The van der Waals surface area contributed by atoms with Crippen molar-refractivity contribution in [1.82, 2.24) is 5.32 Å². The summed E-state index contributed by atoms with van der Waals surface area (Å²) in [6, 6.07) is 13.4. The molecule has 0 aromatic heterocycles. The van der Waals surface area contributed by atoms with Crippen LogP contribution in [0, 0.1) is 0 Å². The van der Waals surface area contributed by atoms with Gasteiger partial charge < -0.3 is 32.3 Å². The fourth-order valence-electron chi connectivity index (χ4n) is 2.13. The normalized spacial score (nSPS) is 10.9. The first kappa shape index (κ1) is 21.6. The molecule has 25 heavy (non-hydrogen) atoms. The Hall–Kier alpha value is -1.46. The molecule has 2 aromatic rings. The molecule has 0 bridgehead atoms.